The third-order valence-electron chi connectivity index (χ3n) is 3.18. The Bertz CT molecular complexity index is 428. The number of halogens is 1. The molecule has 1 unspecified atom stereocenters. The first kappa shape index (κ1) is 13.3. The van der Waals surface area contributed by atoms with Crippen LogP contribution in [0.15, 0.2) is 17.0 Å². The average Bonchev–Trinajstić information content (AvgIpc) is 2.40. The van der Waals surface area contributed by atoms with E-state index in [9.17, 15) is 4.79 Å². The van der Waals surface area contributed by atoms with Crippen molar-refractivity contribution >= 4 is 27.7 Å². The normalized spacial score (nSPS) is 19.7. The Hall–Kier alpha value is -1.17. The molecule has 0 aliphatic carbocycles. The van der Waals surface area contributed by atoms with Crippen LogP contribution >= 0.6 is 15.9 Å². The molecule has 1 fully saturated rings. The molecule has 0 bridgehead atoms. The second-order valence-corrected chi connectivity index (χ2v) is 5.17. The van der Waals surface area contributed by atoms with Crippen molar-refractivity contribution in [2.45, 2.75) is 31.7 Å². The van der Waals surface area contributed by atoms with Gasteiger partial charge < -0.3 is 9.64 Å². The number of methoxy groups -OCH3 is 1. The predicted molar refractivity (Wildman–Crippen MR) is 71.4 cm³/mol. The topological polar surface area (TPSA) is 55.3 Å². The zero-order valence-corrected chi connectivity index (χ0v) is 11.9. The number of rotatable bonds is 3. The molecule has 0 radical (unpaired) electrons. The first-order valence-corrected chi connectivity index (χ1v) is 6.80. The van der Waals surface area contributed by atoms with Crippen molar-refractivity contribution in [2.24, 2.45) is 0 Å². The highest BCUT2D eigenvalue weighted by Crippen LogP contribution is 2.29. The van der Waals surface area contributed by atoms with Crippen molar-refractivity contribution in [3.05, 3.63) is 17.0 Å². The summed E-state index contributed by atoms with van der Waals surface area (Å²) < 4.78 is 5.62. The Morgan fingerprint density at radius 3 is 3.17 bits per heavy atom. The van der Waals surface area contributed by atoms with Crippen LogP contribution in [0.5, 0.6) is 0 Å². The van der Waals surface area contributed by atoms with Crippen molar-refractivity contribution in [3.8, 4) is 0 Å². The lowest BCUT2D eigenvalue weighted by atomic mass is 9.99. The minimum absolute atomic E-state index is 0.164. The van der Waals surface area contributed by atoms with Gasteiger partial charge in [-0.25, -0.2) is 9.97 Å². The van der Waals surface area contributed by atoms with E-state index in [0.29, 0.717) is 6.42 Å². The highest BCUT2D eigenvalue weighted by atomic mass is 79.9. The molecule has 18 heavy (non-hydrogen) atoms. The summed E-state index contributed by atoms with van der Waals surface area (Å²) in [5.41, 5.74) is 0. The summed E-state index contributed by atoms with van der Waals surface area (Å²) in [4.78, 5) is 21.9. The van der Waals surface area contributed by atoms with Crippen molar-refractivity contribution in [3.63, 3.8) is 0 Å². The number of hydrogen-bond acceptors (Lipinski definition) is 5. The first-order chi connectivity index (χ1) is 8.72. The molecule has 5 nitrogen and oxygen atoms in total. The van der Waals surface area contributed by atoms with E-state index in [4.69, 9.17) is 4.74 Å². The highest BCUT2D eigenvalue weighted by molar-refractivity contribution is 9.10. The first-order valence-electron chi connectivity index (χ1n) is 6.01. The second kappa shape index (κ2) is 6.13. The van der Waals surface area contributed by atoms with Gasteiger partial charge in [0.05, 0.1) is 18.0 Å². The fourth-order valence-electron chi connectivity index (χ4n) is 2.28. The Kier molecular flexibility index (Phi) is 4.52. The number of ether oxygens (including phenoxy) is 1. The van der Waals surface area contributed by atoms with E-state index in [1.807, 2.05) is 0 Å². The number of carbonyl (C=O) groups excluding carboxylic acids is 1. The summed E-state index contributed by atoms with van der Waals surface area (Å²) in [7, 11) is 1.43. The fourth-order valence-corrected chi connectivity index (χ4v) is 2.73. The standard InChI is InChI=1S/C12H16BrN3O2/c1-18-11(17)6-9-4-2-3-5-16(9)12-10(13)7-14-8-15-12/h7-9H,2-6H2,1H3. The number of anilines is 1. The van der Waals surface area contributed by atoms with Crippen LogP contribution in [0, 0.1) is 0 Å². The van der Waals surface area contributed by atoms with Crippen LogP contribution in [0.2, 0.25) is 0 Å². The minimum atomic E-state index is -0.169. The number of nitrogens with zero attached hydrogens (tertiary/aromatic N) is 3. The maximum Gasteiger partial charge on any atom is 0.307 e. The van der Waals surface area contributed by atoms with Crippen molar-refractivity contribution in [1.82, 2.24) is 9.97 Å². The molecule has 0 saturated carbocycles. The highest BCUT2D eigenvalue weighted by Gasteiger charge is 2.27. The average molecular weight is 314 g/mol. The maximum atomic E-state index is 11.4. The maximum absolute atomic E-state index is 11.4. The van der Waals surface area contributed by atoms with Crippen LogP contribution in [0.4, 0.5) is 5.82 Å². The Labute approximate surface area is 115 Å². The molecule has 2 heterocycles. The Morgan fingerprint density at radius 2 is 2.44 bits per heavy atom. The van der Waals surface area contributed by atoms with Gasteiger partial charge in [-0.3, -0.25) is 4.79 Å². The third-order valence-corrected chi connectivity index (χ3v) is 3.74. The summed E-state index contributed by atoms with van der Waals surface area (Å²) in [6.45, 7) is 0.914. The van der Waals surface area contributed by atoms with E-state index in [0.717, 1.165) is 36.1 Å². The molecule has 1 saturated heterocycles. The summed E-state index contributed by atoms with van der Waals surface area (Å²) >= 11 is 3.46. The Morgan fingerprint density at radius 1 is 1.61 bits per heavy atom. The van der Waals surface area contributed by atoms with Crippen molar-refractivity contribution in [2.75, 3.05) is 18.6 Å². The zero-order chi connectivity index (χ0) is 13.0. The van der Waals surface area contributed by atoms with E-state index in [-0.39, 0.29) is 12.0 Å². The van der Waals surface area contributed by atoms with Gasteiger partial charge in [-0.2, -0.15) is 0 Å². The van der Waals surface area contributed by atoms with Gasteiger partial charge in [-0.05, 0) is 35.2 Å². The van der Waals surface area contributed by atoms with Gasteiger partial charge in [0.1, 0.15) is 12.1 Å². The zero-order valence-electron chi connectivity index (χ0n) is 10.3. The van der Waals surface area contributed by atoms with Crippen LogP contribution in [-0.4, -0.2) is 35.6 Å². The number of hydrogen-bond donors (Lipinski definition) is 0. The van der Waals surface area contributed by atoms with Gasteiger partial charge in [0, 0.05) is 18.8 Å². The van der Waals surface area contributed by atoms with E-state index in [1.54, 1.807) is 6.20 Å². The van der Waals surface area contributed by atoms with Crippen molar-refractivity contribution < 1.29 is 9.53 Å². The lowest BCUT2D eigenvalue weighted by Gasteiger charge is -2.36. The van der Waals surface area contributed by atoms with Crippen molar-refractivity contribution in [1.29, 1.82) is 0 Å². The van der Waals surface area contributed by atoms with Gasteiger partial charge >= 0.3 is 5.97 Å². The number of piperidine rings is 1. The second-order valence-electron chi connectivity index (χ2n) is 4.32. The molecule has 1 aromatic rings. The van der Waals surface area contributed by atoms with Crippen LogP contribution in [0.3, 0.4) is 0 Å². The largest absolute Gasteiger partial charge is 0.469 e. The van der Waals surface area contributed by atoms with Gasteiger partial charge in [0.25, 0.3) is 0 Å². The number of carbonyl (C=O) groups is 1. The molecule has 98 valence electrons. The molecule has 1 aliphatic heterocycles. The molecule has 1 aliphatic rings. The van der Waals surface area contributed by atoms with E-state index in [2.05, 4.69) is 30.8 Å². The molecule has 1 atom stereocenters. The van der Waals surface area contributed by atoms with Crippen LogP contribution in [0.1, 0.15) is 25.7 Å². The number of esters is 1. The minimum Gasteiger partial charge on any atom is -0.469 e. The summed E-state index contributed by atoms with van der Waals surface area (Å²) in [6, 6.07) is 0.164. The molecule has 0 aromatic carbocycles. The van der Waals surface area contributed by atoms with Gasteiger partial charge in [0.15, 0.2) is 0 Å². The van der Waals surface area contributed by atoms with Crippen LogP contribution in [0.25, 0.3) is 0 Å². The van der Waals surface area contributed by atoms with Gasteiger partial charge in [0.2, 0.25) is 0 Å². The van der Waals surface area contributed by atoms with Gasteiger partial charge in [-0.1, -0.05) is 0 Å². The fraction of sp³-hybridized carbons (Fsp3) is 0.583. The molecule has 0 N–H and O–H groups in total. The summed E-state index contributed by atoms with van der Waals surface area (Å²) in [6.07, 6.45) is 6.92. The smallest absolute Gasteiger partial charge is 0.307 e. The lowest BCUT2D eigenvalue weighted by Crippen LogP contribution is -2.41. The molecular formula is C12H16BrN3O2. The van der Waals surface area contributed by atoms with Gasteiger partial charge in [-0.15, -0.1) is 0 Å². The molecule has 1 aromatic heterocycles. The predicted octanol–water partition coefficient (Wildman–Crippen LogP) is 2.16. The quantitative estimate of drug-likeness (QED) is 0.800. The molecule has 0 spiro atoms. The SMILES string of the molecule is COC(=O)CC1CCCCN1c1ncncc1Br. The van der Waals surface area contributed by atoms with E-state index >= 15 is 0 Å². The van der Waals surface area contributed by atoms with Crippen LogP contribution < -0.4 is 4.90 Å². The third kappa shape index (κ3) is 2.98. The molecule has 6 heteroatoms. The lowest BCUT2D eigenvalue weighted by molar-refractivity contribution is -0.141. The summed E-state index contributed by atoms with van der Waals surface area (Å²) in [5, 5.41) is 0. The molecule has 0 amide bonds. The van der Waals surface area contributed by atoms with Crippen LogP contribution in [-0.2, 0) is 9.53 Å². The summed E-state index contributed by atoms with van der Waals surface area (Å²) in [5.74, 6) is 0.690. The van der Waals surface area contributed by atoms with E-state index < -0.39 is 0 Å². The molecule has 2 rings (SSSR count). The van der Waals surface area contributed by atoms with E-state index in [1.165, 1.54) is 13.4 Å². The molecular weight excluding hydrogens is 298 g/mol. The monoisotopic (exact) mass is 313 g/mol. The Balaban J connectivity index is 2.17. The number of aromatic nitrogens is 2.